The molecule has 1 amide bonds. The van der Waals surface area contributed by atoms with Crippen LogP contribution >= 0.6 is 0 Å². The summed E-state index contributed by atoms with van der Waals surface area (Å²) in [6, 6.07) is 22.4. The molecule has 0 saturated carbocycles. The van der Waals surface area contributed by atoms with E-state index in [-0.39, 0.29) is 11.3 Å². The van der Waals surface area contributed by atoms with Gasteiger partial charge in [-0.05, 0) is 41.0 Å². The van der Waals surface area contributed by atoms with Crippen LogP contribution in [-0.4, -0.2) is 34.1 Å². The minimum Gasteiger partial charge on any atom is -0.503 e. The second-order valence-electron chi connectivity index (χ2n) is 7.24. The van der Waals surface area contributed by atoms with Crippen molar-refractivity contribution in [3.8, 4) is 5.75 Å². The number of amides is 1. The van der Waals surface area contributed by atoms with Crippen molar-refractivity contribution in [2.24, 2.45) is 0 Å². The van der Waals surface area contributed by atoms with Gasteiger partial charge in [-0.15, -0.1) is 0 Å². The molecular weight excluding hydrogens is 394 g/mol. The van der Waals surface area contributed by atoms with Crippen molar-refractivity contribution >= 4 is 17.4 Å². The van der Waals surface area contributed by atoms with Crippen LogP contribution in [0.2, 0.25) is 0 Å². The highest BCUT2D eigenvalue weighted by Crippen LogP contribution is 2.44. The molecule has 0 spiro atoms. The normalized spacial score (nSPS) is 16.0. The van der Waals surface area contributed by atoms with Gasteiger partial charge >= 0.3 is 5.97 Å². The Balaban J connectivity index is 1.80. The van der Waals surface area contributed by atoms with Crippen LogP contribution in [0.25, 0.3) is 5.57 Å². The van der Waals surface area contributed by atoms with Crippen LogP contribution in [0.3, 0.4) is 0 Å². The van der Waals surface area contributed by atoms with Crippen molar-refractivity contribution in [1.82, 2.24) is 4.90 Å². The molecule has 1 atom stereocenters. The van der Waals surface area contributed by atoms with Crippen molar-refractivity contribution in [1.29, 1.82) is 0 Å². The van der Waals surface area contributed by atoms with Gasteiger partial charge in [-0.2, -0.15) is 0 Å². The summed E-state index contributed by atoms with van der Waals surface area (Å²) in [4.78, 5) is 25.9. The number of nitrogens with zero attached hydrogens (tertiary/aromatic N) is 1. The summed E-state index contributed by atoms with van der Waals surface area (Å²) in [6.07, 6.45) is 0. The molecule has 0 fully saturated rings. The molecule has 0 bridgehead atoms. The van der Waals surface area contributed by atoms with Gasteiger partial charge < -0.3 is 19.8 Å². The molecule has 1 heterocycles. The molecule has 156 valence electrons. The van der Waals surface area contributed by atoms with Crippen molar-refractivity contribution < 1.29 is 24.5 Å². The summed E-state index contributed by atoms with van der Waals surface area (Å²) >= 11 is 0. The van der Waals surface area contributed by atoms with E-state index in [1.807, 2.05) is 30.3 Å². The predicted octanol–water partition coefficient (Wildman–Crippen LogP) is 4.45. The van der Waals surface area contributed by atoms with Gasteiger partial charge in [-0.3, -0.25) is 4.79 Å². The molecule has 2 N–H and O–H groups in total. The molecule has 3 aromatic carbocycles. The molecule has 31 heavy (non-hydrogen) atoms. The van der Waals surface area contributed by atoms with E-state index in [4.69, 9.17) is 4.74 Å². The van der Waals surface area contributed by atoms with E-state index in [1.165, 1.54) is 12.1 Å². The number of aliphatic hydroxyl groups excluding tert-OH is 1. The lowest BCUT2D eigenvalue weighted by atomic mass is 9.92. The molecule has 6 heteroatoms. The third-order valence-electron chi connectivity index (χ3n) is 5.37. The minimum absolute atomic E-state index is 0.155. The van der Waals surface area contributed by atoms with E-state index in [2.05, 4.69) is 0 Å². The SMILES string of the molecule is COc1ccc(C2=C(O)C(=O)N(Cc3ccccc3)[C@@H]2c2ccc(C(=O)O)cc2)cc1. The number of carboxylic acid groups (broad SMARTS) is 1. The van der Waals surface area contributed by atoms with Gasteiger partial charge in [0.2, 0.25) is 0 Å². The Morgan fingerprint density at radius 1 is 0.968 bits per heavy atom. The van der Waals surface area contributed by atoms with Crippen LogP contribution in [0.5, 0.6) is 5.75 Å². The lowest BCUT2D eigenvalue weighted by molar-refractivity contribution is -0.130. The lowest BCUT2D eigenvalue weighted by Gasteiger charge is -2.27. The molecule has 1 aliphatic rings. The van der Waals surface area contributed by atoms with Crippen LogP contribution in [0.1, 0.15) is 33.1 Å². The Hall–Kier alpha value is -4.06. The Bertz CT molecular complexity index is 1130. The summed E-state index contributed by atoms with van der Waals surface area (Å²) in [7, 11) is 1.57. The monoisotopic (exact) mass is 415 g/mol. The Kier molecular flexibility index (Phi) is 5.45. The van der Waals surface area contributed by atoms with E-state index in [0.29, 0.717) is 29.0 Å². The van der Waals surface area contributed by atoms with Gasteiger partial charge in [-0.1, -0.05) is 54.6 Å². The maximum Gasteiger partial charge on any atom is 0.335 e. The standard InChI is InChI=1S/C25H21NO5/c1-31-20-13-11-17(12-14-20)21-22(18-7-9-19(10-8-18)25(29)30)26(24(28)23(21)27)15-16-5-3-2-4-6-16/h2-14,22,27H,15H2,1H3,(H,29,30)/t22-/m1/s1. The summed E-state index contributed by atoms with van der Waals surface area (Å²) < 4.78 is 5.22. The highest BCUT2D eigenvalue weighted by atomic mass is 16.5. The average molecular weight is 415 g/mol. The van der Waals surface area contributed by atoms with E-state index < -0.39 is 17.9 Å². The zero-order valence-electron chi connectivity index (χ0n) is 16.9. The van der Waals surface area contributed by atoms with Crippen LogP contribution in [0, 0.1) is 0 Å². The molecule has 6 nitrogen and oxygen atoms in total. The van der Waals surface area contributed by atoms with E-state index >= 15 is 0 Å². The number of ether oxygens (including phenoxy) is 1. The minimum atomic E-state index is -1.02. The van der Waals surface area contributed by atoms with Crippen LogP contribution in [0.4, 0.5) is 0 Å². The van der Waals surface area contributed by atoms with Crippen molar-refractivity contribution in [2.45, 2.75) is 12.6 Å². The number of hydrogen-bond acceptors (Lipinski definition) is 4. The molecule has 0 saturated heterocycles. The third-order valence-corrected chi connectivity index (χ3v) is 5.37. The van der Waals surface area contributed by atoms with Crippen molar-refractivity contribution in [2.75, 3.05) is 7.11 Å². The van der Waals surface area contributed by atoms with Gasteiger partial charge in [0.15, 0.2) is 5.76 Å². The average Bonchev–Trinajstić information content (AvgIpc) is 3.05. The highest BCUT2D eigenvalue weighted by Gasteiger charge is 2.41. The second-order valence-corrected chi connectivity index (χ2v) is 7.24. The number of benzene rings is 3. The molecule has 0 radical (unpaired) electrons. The second kappa shape index (κ2) is 8.36. The number of hydrogen-bond donors (Lipinski definition) is 2. The molecule has 3 aromatic rings. The number of methoxy groups -OCH3 is 1. The van der Waals surface area contributed by atoms with Gasteiger partial charge in [0.05, 0.1) is 18.7 Å². The quantitative estimate of drug-likeness (QED) is 0.621. The molecule has 0 aromatic heterocycles. The summed E-state index contributed by atoms with van der Waals surface area (Å²) in [5, 5.41) is 20.0. The largest absolute Gasteiger partial charge is 0.503 e. The van der Waals surface area contributed by atoms with Crippen molar-refractivity contribution in [3.05, 3.63) is 107 Å². The third kappa shape index (κ3) is 3.88. The Morgan fingerprint density at radius 3 is 2.19 bits per heavy atom. The molecular formula is C25H21NO5. The number of rotatable bonds is 6. The molecule has 4 rings (SSSR count). The molecule has 0 aliphatic carbocycles. The maximum atomic E-state index is 13.1. The van der Waals surface area contributed by atoms with Gasteiger partial charge in [0.1, 0.15) is 5.75 Å². The smallest absolute Gasteiger partial charge is 0.335 e. The number of carbonyl (C=O) groups excluding carboxylic acids is 1. The zero-order valence-corrected chi connectivity index (χ0v) is 16.9. The summed E-state index contributed by atoms with van der Waals surface area (Å²) in [6.45, 7) is 0.300. The maximum absolute atomic E-state index is 13.1. The predicted molar refractivity (Wildman–Crippen MR) is 116 cm³/mol. The fourth-order valence-corrected chi connectivity index (χ4v) is 3.82. The number of aromatic carboxylic acids is 1. The lowest BCUT2D eigenvalue weighted by Crippen LogP contribution is -2.29. The summed E-state index contributed by atoms with van der Waals surface area (Å²) in [5.41, 5.74) is 2.96. The number of carbonyl (C=O) groups is 2. The Morgan fingerprint density at radius 2 is 1.61 bits per heavy atom. The van der Waals surface area contributed by atoms with Gasteiger partial charge in [0.25, 0.3) is 5.91 Å². The van der Waals surface area contributed by atoms with Gasteiger partial charge in [-0.25, -0.2) is 4.79 Å². The first-order valence-corrected chi connectivity index (χ1v) is 9.75. The van der Waals surface area contributed by atoms with E-state index in [1.54, 1.807) is 48.4 Å². The van der Waals surface area contributed by atoms with Gasteiger partial charge in [0, 0.05) is 12.1 Å². The topological polar surface area (TPSA) is 87.1 Å². The van der Waals surface area contributed by atoms with Crippen LogP contribution in [0.15, 0.2) is 84.6 Å². The first-order valence-electron chi connectivity index (χ1n) is 9.75. The zero-order chi connectivity index (χ0) is 22.0. The van der Waals surface area contributed by atoms with Crippen LogP contribution < -0.4 is 4.74 Å². The summed E-state index contributed by atoms with van der Waals surface area (Å²) in [5.74, 6) is -1.14. The fourth-order valence-electron chi connectivity index (χ4n) is 3.82. The molecule has 0 unspecified atom stereocenters. The molecule has 1 aliphatic heterocycles. The van der Waals surface area contributed by atoms with Crippen molar-refractivity contribution in [3.63, 3.8) is 0 Å². The van der Waals surface area contributed by atoms with E-state index in [0.717, 1.165) is 5.56 Å². The Labute approximate surface area is 179 Å². The van der Waals surface area contributed by atoms with Crippen LogP contribution in [-0.2, 0) is 11.3 Å². The first-order chi connectivity index (χ1) is 15.0. The number of aliphatic hydroxyl groups is 1. The highest BCUT2D eigenvalue weighted by molar-refractivity contribution is 6.05. The van der Waals surface area contributed by atoms with E-state index in [9.17, 15) is 19.8 Å². The fraction of sp³-hybridized carbons (Fsp3) is 0.120. The number of carboxylic acids is 1. The first kappa shape index (κ1) is 20.2.